The Morgan fingerprint density at radius 3 is 2.67 bits per heavy atom. The van der Waals surface area contributed by atoms with E-state index in [1.807, 2.05) is 48.7 Å². The maximum Gasteiger partial charge on any atom is 0.0731 e. The summed E-state index contributed by atoms with van der Waals surface area (Å²) < 4.78 is 0. The first kappa shape index (κ1) is 10.7. The van der Waals surface area contributed by atoms with Crippen LogP contribution in [0.3, 0.4) is 0 Å². The molecule has 0 amide bonds. The summed E-state index contributed by atoms with van der Waals surface area (Å²) >= 11 is 7.62. The highest BCUT2D eigenvalue weighted by atomic mass is 35.5. The lowest BCUT2D eigenvalue weighted by Gasteiger charge is -2.24. The summed E-state index contributed by atoms with van der Waals surface area (Å²) in [6.07, 6.45) is 0. The SMILES string of the molecule is CC(N)(c1cccc(Cl)c1)c1cccs1. The van der Waals surface area contributed by atoms with Crippen molar-refractivity contribution in [2.45, 2.75) is 12.5 Å². The molecule has 0 spiro atoms. The molecule has 2 aromatic rings. The van der Waals surface area contributed by atoms with Gasteiger partial charge in [0.2, 0.25) is 0 Å². The van der Waals surface area contributed by atoms with Gasteiger partial charge in [0.15, 0.2) is 0 Å². The first-order chi connectivity index (χ1) is 7.10. The van der Waals surface area contributed by atoms with Crippen molar-refractivity contribution in [1.82, 2.24) is 0 Å². The van der Waals surface area contributed by atoms with Gasteiger partial charge in [0, 0.05) is 9.90 Å². The monoisotopic (exact) mass is 237 g/mol. The first-order valence-corrected chi connectivity index (χ1v) is 5.95. The Labute approximate surface area is 98.5 Å². The molecule has 1 heterocycles. The van der Waals surface area contributed by atoms with E-state index in [1.165, 1.54) is 0 Å². The van der Waals surface area contributed by atoms with Crippen molar-refractivity contribution in [2.75, 3.05) is 0 Å². The largest absolute Gasteiger partial charge is 0.317 e. The highest BCUT2D eigenvalue weighted by Crippen LogP contribution is 2.30. The number of nitrogens with two attached hydrogens (primary N) is 1. The fourth-order valence-corrected chi connectivity index (χ4v) is 2.54. The fraction of sp³-hybridized carbons (Fsp3) is 0.167. The predicted molar refractivity (Wildman–Crippen MR) is 66.4 cm³/mol. The van der Waals surface area contributed by atoms with Gasteiger partial charge in [-0.3, -0.25) is 0 Å². The van der Waals surface area contributed by atoms with Gasteiger partial charge in [0.05, 0.1) is 5.54 Å². The topological polar surface area (TPSA) is 26.0 Å². The molecule has 15 heavy (non-hydrogen) atoms. The number of rotatable bonds is 2. The maximum absolute atomic E-state index is 6.32. The van der Waals surface area contributed by atoms with Crippen molar-refractivity contribution in [3.05, 3.63) is 57.2 Å². The molecule has 1 nitrogen and oxygen atoms in total. The standard InChI is InChI=1S/C12H12ClNS/c1-12(14,11-6-3-7-15-11)9-4-2-5-10(13)8-9/h2-8H,14H2,1H3. The Hall–Kier alpha value is -0.830. The van der Waals surface area contributed by atoms with Crippen LogP contribution in [-0.2, 0) is 5.54 Å². The molecule has 1 unspecified atom stereocenters. The van der Waals surface area contributed by atoms with Gasteiger partial charge in [-0.15, -0.1) is 11.3 Å². The molecule has 3 heteroatoms. The van der Waals surface area contributed by atoms with E-state index in [1.54, 1.807) is 11.3 Å². The van der Waals surface area contributed by atoms with Gasteiger partial charge in [-0.1, -0.05) is 29.8 Å². The quantitative estimate of drug-likeness (QED) is 0.848. The summed E-state index contributed by atoms with van der Waals surface area (Å²) in [4.78, 5) is 1.14. The highest BCUT2D eigenvalue weighted by molar-refractivity contribution is 7.10. The third kappa shape index (κ3) is 2.07. The summed E-state index contributed by atoms with van der Waals surface area (Å²) in [6, 6.07) is 11.8. The molecule has 0 saturated heterocycles. The van der Waals surface area contributed by atoms with Crippen LogP contribution in [0.2, 0.25) is 5.02 Å². The Kier molecular flexibility index (Phi) is 2.83. The fourth-order valence-electron chi connectivity index (χ4n) is 1.53. The van der Waals surface area contributed by atoms with Crippen LogP contribution in [0.1, 0.15) is 17.4 Å². The highest BCUT2D eigenvalue weighted by Gasteiger charge is 2.24. The van der Waals surface area contributed by atoms with Crippen molar-refractivity contribution in [1.29, 1.82) is 0 Å². The lowest BCUT2D eigenvalue weighted by atomic mass is 9.92. The van der Waals surface area contributed by atoms with Gasteiger partial charge in [-0.2, -0.15) is 0 Å². The van der Waals surface area contributed by atoms with Crippen LogP contribution in [0.15, 0.2) is 41.8 Å². The molecule has 78 valence electrons. The van der Waals surface area contributed by atoms with E-state index in [9.17, 15) is 0 Å². The molecular weight excluding hydrogens is 226 g/mol. The molecule has 0 aliphatic carbocycles. The van der Waals surface area contributed by atoms with E-state index >= 15 is 0 Å². The molecule has 0 aliphatic rings. The Bertz CT molecular complexity index is 448. The van der Waals surface area contributed by atoms with Crippen LogP contribution in [-0.4, -0.2) is 0 Å². The van der Waals surface area contributed by atoms with E-state index in [4.69, 9.17) is 17.3 Å². The Morgan fingerprint density at radius 1 is 1.27 bits per heavy atom. The second-order valence-corrected chi connectivity index (χ2v) is 5.07. The zero-order valence-corrected chi connectivity index (χ0v) is 9.98. The van der Waals surface area contributed by atoms with E-state index in [0.29, 0.717) is 0 Å². The molecule has 0 radical (unpaired) electrons. The summed E-state index contributed by atoms with van der Waals surface area (Å²) in [5, 5.41) is 2.76. The van der Waals surface area contributed by atoms with Gasteiger partial charge in [-0.25, -0.2) is 0 Å². The van der Waals surface area contributed by atoms with Crippen LogP contribution >= 0.6 is 22.9 Å². The van der Waals surface area contributed by atoms with Gasteiger partial charge in [-0.05, 0) is 36.1 Å². The average molecular weight is 238 g/mol. The lowest BCUT2D eigenvalue weighted by Crippen LogP contribution is -2.33. The number of hydrogen-bond donors (Lipinski definition) is 1. The van der Waals surface area contributed by atoms with E-state index < -0.39 is 5.54 Å². The Morgan fingerprint density at radius 2 is 2.07 bits per heavy atom. The third-order valence-electron chi connectivity index (χ3n) is 2.46. The van der Waals surface area contributed by atoms with Crippen LogP contribution in [0.25, 0.3) is 0 Å². The molecular formula is C12H12ClNS. The molecule has 1 atom stereocenters. The summed E-state index contributed by atoms with van der Waals surface area (Å²) in [5.41, 5.74) is 6.90. The molecule has 1 aromatic heterocycles. The van der Waals surface area contributed by atoms with Crippen molar-refractivity contribution < 1.29 is 0 Å². The van der Waals surface area contributed by atoms with Crippen LogP contribution in [0, 0.1) is 0 Å². The lowest BCUT2D eigenvalue weighted by molar-refractivity contribution is 0.617. The average Bonchev–Trinajstić information content (AvgIpc) is 2.71. The minimum atomic E-state index is -0.459. The second-order valence-electron chi connectivity index (χ2n) is 3.69. The first-order valence-electron chi connectivity index (χ1n) is 4.69. The number of benzene rings is 1. The van der Waals surface area contributed by atoms with E-state index in [2.05, 4.69) is 0 Å². The second kappa shape index (κ2) is 3.97. The maximum atomic E-state index is 6.32. The normalized spacial score (nSPS) is 14.9. The predicted octanol–water partition coefficient (Wildman–Crippen LogP) is 3.62. The van der Waals surface area contributed by atoms with Gasteiger partial charge in [0.25, 0.3) is 0 Å². The number of halogens is 1. The minimum absolute atomic E-state index is 0.459. The summed E-state index contributed by atoms with van der Waals surface area (Å²) in [6.45, 7) is 2.00. The Balaban J connectivity index is 2.46. The van der Waals surface area contributed by atoms with Crippen molar-refractivity contribution in [3.8, 4) is 0 Å². The number of hydrogen-bond acceptors (Lipinski definition) is 2. The van der Waals surface area contributed by atoms with Crippen LogP contribution in [0.5, 0.6) is 0 Å². The molecule has 0 bridgehead atoms. The minimum Gasteiger partial charge on any atom is -0.317 e. The van der Waals surface area contributed by atoms with Crippen molar-refractivity contribution in [3.63, 3.8) is 0 Å². The van der Waals surface area contributed by atoms with E-state index in [-0.39, 0.29) is 0 Å². The molecule has 0 aliphatic heterocycles. The molecule has 1 aromatic carbocycles. The smallest absolute Gasteiger partial charge is 0.0731 e. The summed E-state index contributed by atoms with van der Waals surface area (Å²) in [7, 11) is 0. The molecule has 0 saturated carbocycles. The molecule has 2 N–H and O–H groups in total. The van der Waals surface area contributed by atoms with Gasteiger partial charge in [0.1, 0.15) is 0 Å². The van der Waals surface area contributed by atoms with Gasteiger partial charge < -0.3 is 5.73 Å². The van der Waals surface area contributed by atoms with Crippen LogP contribution in [0.4, 0.5) is 0 Å². The van der Waals surface area contributed by atoms with Crippen molar-refractivity contribution >= 4 is 22.9 Å². The molecule has 0 fully saturated rings. The van der Waals surface area contributed by atoms with E-state index in [0.717, 1.165) is 15.5 Å². The van der Waals surface area contributed by atoms with Crippen molar-refractivity contribution in [2.24, 2.45) is 5.73 Å². The third-order valence-corrected chi connectivity index (χ3v) is 3.80. The molecule has 2 rings (SSSR count). The zero-order valence-electron chi connectivity index (χ0n) is 8.41. The summed E-state index contributed by atoms with van der Waals surface area (Å²) in [5.74, 6) is 0. The van der Waals surface area contributed by atoms with Gasteiger partial charge >= 0.3 is 0 Å². The van der Waals surface area contributed by atoms with Crippen LogP contribution < -0.4 is 5.73 Å². The zero-order chi connectivity index (χ0) is 10.9. The number of thiophene rings is 1.